The van der Waals surface area contributed by atoms with Crippen molar-refractivity contribution >= 4 is 5.97 Å². The molecule has 20 heavy (non-hydrogen) atoms. The first-order valence-electron chi connectivity index (χ1n) is 6.52. The van der Waals surface area contributed by atoms with E-state index in [9.17, 15) is 15.0 Å². The molecule has 0 heterocycles. The molecule has 1 aromatic carbocycles. The number of nitrogens with two attached hydrogens (primary N) is 1. The third-order valence-corrected chi connectivity index (χ3v) is 2.99. The predicted molar refractivity (Wildman–Crippen MR) is 73.6 cm³/mol. The zero-order valence-corrected chi connectivity index (χ0v) is 11.4. The van der Waals surface area contributed by atoms with E-state index in [1.54, 1.807) is 0 Å². The van der Waals surface area contributed by atoms with E-state index in [-0.39, 0.29) is 6.42 Å². The molecule has 0 fully saturated rings. The van der Waals surface area contributed by atoms with E-state index in [0.717, 1.165) is 11.3 Å². The summed E-state index contributed by atoms with van der Waals surface area (Å²) < 4.78 is 5.36. The molecule has 0 saturated carbocycles. The second kappa shape index (κ2) is 7.84. The van der Waals surface area contributed by atoms with Gasteiger partial charge in [0.25, 0.3) is 0 Å². The molecule has 0 aromatic heterocycles. The van der Waals surface area contributed by atoms with E-state index in [2.05, 4.69) is 0 Å². The largest absolute Gasteiger partial charge is 0.494 e. The number of carbonyl (C=O) groups is 1. The van der Waals surface area contributed by atoms with E-state index in [0.29, 0.717) is 13.0 Å². The molecule has 6 heteroatoms. The summed E-state index contributed by atoms with van der Waals surface area (Å²) >= 11 is 0. The summed E-state index contributed by atoms with van der Waals surface area (Å²) in [5.74, 6) is -0.600. The van der Waals surface area contributed by atoms with Crippen molar-refractivity contribution in [1.82, 2.24) is 0 Å². The van der Waals surface area contributed by atoms with Crippen LogP contribution in [0, 0.1) is 0 Å². The van der Waals surface area contributed by atoms with Crippen molar-refractivity contribution in [1.29, 1.82) is 0 Å². The maximum absolute atomic E-state index is 10.6. The summed E-state index contributed by atoms with van der Waals surface area (Å²) in [5, 5.41) is 28.0. The molecule has 1 aromatic rings. The van der Waals surface area contributed by atoms with Gasteiger partial charge in [-0.25, -0.2) is 0 Å². The van der Waals surface area contributed by atoms with Gasteiger partial charge in [-0.2, -0.15) is 0 Å². The molecule has 1 rings (SSSR count). The first-order valence-corrected chi connectivity index (χ1v) is 6.52. The third kappa shape index (κ3) is 4.80. The quantitative estimate of drug-likeness (QED) is 0.540. The Morgan fingerprint density at radius 2 is 2.10 bits per heavy atom. The maximum atomic E-state index is 10.6. The average molecular weight is 283 g/mol. The maximum Gasteiger partial charge on any atom is 0.323 e. The van der Waals surface area contributed by atoms with Crippen molar-refractivity contribution in [3.63, 3.8) is 0 Å². The topological polar surface area (TPSA) is 113 Å². The molecule has 0 aliphatic rings. The minimum atomic E-state index is -1.49. The van der Waals surface area contributed by atoms with Crippen LogP contribution in [0.5, 0.6) is 5.75 Å². The first kappa shape index (κ1) is 16.4. The molecule has 0 amide bonds. The Bertz CT molecular complexity index is 437. The molecule has 3 unspecified atom stereocenters. The van der Waals surface area contributed by atoms with Crippen LogP contribution in [0.3, 0.4) is 0 Å². The average Bonchev–Trinajstić information content (AvgIpc) is 2.43. The van der Waals surface area contributed by atoms with Crippen LogP contribution in [-0.2, 0) is 11.2 Å². The van der Waals surface area contributed by atoms with Crippen LogP contribution >= 0.6 is 0 Å². The minimum Gasteiger partial charge on any atom is -0.494 e. The molecule has 0 aliphatic carbocycles. The normalized spacial score (nSPS) is 15.4. The van der Waals surface area contributed by atoms with Crippen LogP contribution in [0.1, 0.15) is 18.9 Å². The van der Waals surface area contributed by atoms with Crippen LogP contribution < -0.4 is 10.5 Å². The molecule has 0 saturated heterocycles. The van der Waals surface area contributed by atoms with Gasteiger partial charge >= 0.3 is 5.97 Å². The zero-order valence-electron chi connectivity index (χ0n) is 11.4. The lowest BCUT2D eigenvalue weighted by molar-refractivity contribution is -0.143. The second-order valence-electron chi connectivity index (χ2n) is 4.54. The van der Waals surface area contributed by atoms with Crippen molar-refractivity contribution < 1.29 is 24.9 Å². The van der Waals surface area contributed by atoms with Gasteiger partial charge in [-0.3, -0.25) is 4.79 Å². The third-order valence-electron chi connectivity index (χ3n) is 2.99. The summed E-state index contributed by atoms with van der Waals surface area (Å²) in [6, 6.07) is 5.91. The van der Waals surface area contributed by atoms with E-state index in [1.807, 2.05) is 31.2 Å². The van der Waals surface area contributed by atoms with Gasteiger partial charge in [-0.05, 0) is 37.5 Å². The number of aliphatic hydroxyl groups excluding tert-OH is 2. The van der Waals surface area contributed by atoms with E-state index < -0.39 is 24.2 Å². The second-order valence-corrected chi connectivity index (χ2v) is 4.54. The Morgan fingerprint density at radius 3 is 2.70 bits per heavy atom. The Hall–Kier alpha value is -1.63. The van der Waals surface area contributed by atoms with E-state index in [4.69, 9.17) is 15.6 Å². The number of hydrogen-bond donors (Lipinski definition) is 4. The molecule has 112 valence electrons. The Morgan fingerprint density at radius 1 is 1.40 bits per heavy atom. The number of aliphatic hydroxyl groups is 2. The molecule has 3 atom stereocenters. The Balaban J connectivity index is 2.54. The molecule has 0 aliphatic heterocycles. The highest BCUT2D eigenvalue weighted by atomic mass is 16.5. The van der Waals surface area contributed by atoms with Gasteiger partial charge in [-0.15, -0.1) is 0 Å². The predicted octanol–water partition coefficient (Wildman–Crippen LogP) is 0.152. The number of carboxylic acid groups (broad SMARTS) is 1. The highest BCUT2D eigenvalue weighted by Crippen LogP contribution is 2.16. The number of rotatable bonds is 8. The number of benzene rings is 1. The van der Waals surface area contributed by atoms with Crippen molar-refractivity contribution in [2.45, 2.75) is 38.0 Å². The summed E-state index contributed by atoms with van der Waals surface area (Å²) in [6.07, 6.45) is -1.96. The lowest BCUT2D eigenvalue weighted by atomic mass is 9.99. The molecule has 6 nitrogen and oxygen atoms in total. The number of carboxylic acids is 1. The summed E-state index contributed by atoms with van der Waals surface area (Å²) in [4.78, 5) is 10.6. The van der Waals surface area contributed by atoms with Crippen molar-refractivity contribution in [2.75, 3.05) is 6.61 Å². The Kier molecular flexibility index (Phi) is 6.44. The van der Waals surface area contributed by atoms with Crippen LogP contribution in [0.4, 0.5) is 0 Å². The van der Waals surface area contributed by atoms with Crippen LogP contribution in [0.15, 0.2) is 24.3 Å². The van der Waals surface area contributed by atoms with Gasteiger partial charge < -0.3 is 25.8 Å². The van der Waals surface area contributed by atoms with Gasteiger partial charge in [0, 0.05) is 0 Å². The molecule has 0 radical (unpaired) electrons. The smallest absolute Gasteiger partial charge is 0.323 e. The number of ether oxygens (including phenoxy) is 1. The highest BCUT2D eigenvalue weighted by Gasteiger charge is 2.28. The van der Waals surface area contributed by atoms with Gasteiger partial charge in [0.05, 0.1) is 12.7 Å². The number of aliphatic carboxylic acids is 1. The Labute approximate surface area is 117 Å². The van der Waals surface area contributed by atoms with Crippen molar-refractivity contribution in [3.8, 4) is 5.75 Å². The summed E-state index contributed by atoms with van der Waals surface area (Å²) in [5.41, 5.74) is 6.20. The zero-order chi connectivity index (χ0) is 15.1. The van der Waals surface area contributed by atoms with Gasteiger partial charge in [0.2, 0.25) is 0 Å². The molecule has 0 spiro atoms. The number of aryl methyl sites for hydroxylation is 1. The lowest BCUT2D eigenvalue weighted by Crippen LogP contribution is -2.48. The summed E-state index contributed by atoms with van der Waals surface area (Å²) in [6.45, 7) is 2.46. The number of hydrogen-bond acceptors (Lipinski definition) is 5. The van der Waals surface area contributed by atoms with E-state index in [1.165, 1.54) is 0 Å². The standard InChI is InChI=1S/C14H21NO5/c1-2-20-10-5-3-4-9(8-10)6-7-11(16)13(17)12(15)14(18)19/h3-5,8,11-13,16-17H,2,6-7,15H2,1H3,(H,18,19). The highest BCUT2D eigenvalue weighted by molar-refractivity contribution is 5.73. The first-order chi connectivity index (χ1) is 9.45. The molecule has 5 N–H and O–H groups in total. The lowest BCUT2D eigenvalue weighted by Gasteiger charge is -2.20. The fraction of sp³-hybridized carbons (Fsp3) is 0.500. The molecular formula is C14H21NO5. The summed E-state index contributed by atoms with van der Waals surface area (Å²) in [7, 11) is 0. The van der Waals surface area contributed by atoms with Crippen molar-refractivity contribution in [3.05, 3.63) is 29.8 Å². The van der Waals surface area contributed by atoms with Crippen molar-refractivity contribution in [2.24, 2.45) is 5.73 Å². The van der Waals surface area contributed by atoms with E-state index >= 15 is 0 Å². The van der Waals surface area contributed by atoms with Crippen LogP contribution in [0.25, 0.3) is 0 Å². The minimum absolute atomic E-state index is 0.220. The van der Waals surface area contributed by atoms with Gasteiger partial charge in [0.1, 0.15) is 17.9 Å². The molecule has 0 bridgehead atoms. The fourth-order valence-corrected chi connectivity index (χ4v) is 1.83. The van der Waals surface area contributed by atoms with Crippen LogP contribution in [0.2, 0.25) is 0 Å². The SMILES string of the molecule is CCOc1cccc(CCC(O)C(O)C(N)C(=O)O)c1. The monoisotopic (exact) mass is 283 g/mol. The fourth-order valence-electron chi connectivity index (χ4n) is 1.83. The van der Waals surface area contributed by atoms with Crippen LogP contribution in [-0.4, -0.2) is 46.1 Å². The van der Waals surface area contributed by atoms with Gasteiger partial charge in [0.15, 0.2) is 0 Å². The molecular weight excluding hydrogens is 262 g/mol. The van der Waals surface area contributed by atoms with Gasteiger partial charge in [-0.1, -0.05) is 12.1 Å².